The molecule has 6 heteroatoms. The van der Waals surface area contributed by atoms with Gasteiger partial charge in [0, 0.05) is 11.9 Å². The van der Waals surface area contributed by atoms with Gasteiger partial charge in [0.05, 0.1) is 10.4 Å². The van der Waals surface area contributed by atoms with E-state index in [0.717, 1.165) is 37.6 Å². The minimum Gasteiger partial charge on any atom is -0.324 e. The Balaban J connectivity index is 2.24. The van der Waals surface area contributed by atoms with Gasteiger partial charge in [0.2, 0.25) is 5.91 Å². The van der Waals surface area contributed by atoms with Gasteiger partial charge in [-0.15, -0.1) is 0 Å². The molecule has 1 heterocycles. The number of carbonyl (C=O) groups is 1. The molecule has 5 nitrogen and oxygen atoms in total. The fraction of sp³-hybridized carbons (Fsp3) is 0.533. The molecule has 2 rings (SSSR count). The van der Waals surface area contributed by atoms with Crippen molar-refractivity contribution in [3.63, 3.8) is 0 Å². The lowest BCUT2D eigenvalue weighted by Gasteiger charge is -2.33. The number of piperidine rings is 1. The average Bonchev–Trinajstić information content (AvgIpc) is 2.40. The Morgan fingerprint density at radius 3 is 2.62 bits per heavy atom. The van der Waals surface area contributed by atoms with Crippen LogP contribution < -0.4 is 10.6 Å². The second kappa shape index (κ2) is 5.77. The van der Waals surface area contributed by atoms with Crippen molar-refractivity contribution in [2.45, 2.75) is 43.5 Å². The molecule has 1 unspecified atom stereocenters. The molecule has 21 heavy (non-hydrogen) atoms. The summed E-state index contributed by atoms with van der Waals surface area (Å²) in [6.45, 7) is 4.56. The van der Waals surface area contributed by atoms with Crippen LogP contribution >= 0.6 is 0 Å². The molecule has 1 aromatic rings. The fourth-order valence-corrected chi connectivity index (χ4v) is 3.12. The van der Waals surface area contributed by atoms with Crippen LogP contribution in [0.1, 0.15) is 31.7 Å². The summed E-state index contributed by atoms with van der Waals surface area (Å²) in [5, 5.41) is 6.12. The van der Waals surface area contributed by atoms with Crippen LogP contribution in [0.15, 0.2) is 23.1 Å². The lowest BCUT2D eigenvalue weighted by Crippen LogP contribution is -2.54. The molecular formula is C15H22N2O3S. The summed E-state index contributed by atoms with van der Waals surface area (Å²) >= 11 is 0. The molecule has 116 valence electrons. The van der Waals surface area contributed by atoms with Gasteiger partial charge in [-0.2, -0.15) is 0 Å². The smallest absolute Gasteiger partial charge is 0.244 e. The number of hydrogen-bond donors (Lipinski definition) is 2. The van der Waals surface area contributed by atoms with Crippen LogP contribution in [-0.2, 0) is 14.6 Å². The first-order chi connectivity index (χ1) is 9.72. The van der Waals surface area contributed by atoms with Gasteiger partial charge in [0.15, 0.2) is 9.84 Å². The molecule has 0 aromatic heterocycles. The van der Waals surface area contributed by atoms with Crippen LogP contribution in [0.25, 0.3) is 0 Å². The second-order valence-corrected chi connectivity index (χ2v) is 7.93. The first-order valence-corrected chi connectivity index (χ1v) is 8.99. The molecule has 1 aliphatic heterocycles. The average molecular weight is 310 g/mol. The van der Waals surface area contributed by atoms with Crippen LogP contribution in [0, 0.1) is 6.92 Å². The van der Waals surface area contributed by atoms with E-state index in [1.807, 2.05) is 13.8 Å². The summed E-state index contributed by atoms with van der Waals surface area (Å²) in [5.41, 5.74) is 0.804. The lowest BCUT2D eigenvalue weighted by molar-refractivity contribution is -0.122. The van der Waals surface area contributed by atoms with E-state index in [0.29, 0.717) is 5.69 Å². The van der Waals surface area contributed by atoms with Gasteiger partial charge in [0.1, 0.15) is 0 Å². The standard InChI is InChI=1S/C15H22N2O3S/c1-11-6-7-12(21(3,19)20)10-13(11)17-14(18)15(2)8-4-5-9-16-15/h6-7,10,16H,4-5,8-9H2,1-3H3,(H,17,18). The maximum atomic E-state index is 12.5. The highest BCUT2D eigenvalue weighted by Crippen LogP contribution is 2.24. The molecule has 0 radical (unpaired) electrons. The molecule has 0 saturated carbocycles. The molecule has 0 bridgehead atoms. The van der Waals surface area contributed by atoms with Crippen LogP contribution in [-0.4, -0.2) is 32.7 Å². The van der Waals surface area contributed by atoms with E-state index in [1.54, 1.807) is 12.1 Å². The fourth-order valence-electron chi connectivity index (χ4n) is 2.48. The molecule has 0 spiro atoms. The summed E-state index contributed by atoms with van der Waals surface area (Å²) in [6, 6.07) is 4.79. The normalized spacial score (nSPS) is 22.8. The monoisotopic (exact) mass is 310 g/mol. The number of aryl methyl sites for hydroxylation is 1. The second-order valence-electron chi connectivity index (χ2n) is 5.92. The third-order valence-electron chi connectivity index (χ3n) is 4.01. The molecule has 1 aromatic carbocycles. The summed E-state index contributed by atoms with van der Waals surface area (Å²) < 4.78 is 23.2. The molecule has 1 fully saturated rings. The van der Waals surface area contributed by atoms with Crippen molar-refractivity contribution in [3.8, 4) is 0 Å². The van der Waals surface area contributed by atoms with E-state index in [2.05, 4.69) is 10.6 Å². The molecule has 1 aliphatic rings. The van der Waals surface area contributed by atoms with Crippen molar-refractivity contribution in [2.75, 3.05) is 18.1 Å². The van der Waals surface area contributed by atoms with Gasteiger partial charge in [-0.1, -0.05) is 6.07 Å². The number of benzene rings is 1. The first kappa shape index (κ1) is 16.0. The summed E-state index contributed by atoms with van der Waals surface area (Å²) in [6.07, 6.45) is 4.03. The highest BCUT2D eigenvalue weighted by molar-refractivity contribution is 7.90. The Bertz CT molecular complexity index is 647. The Morgan fingerprint density at radius 1 is 1.33 bits per heavy atom. The van der Waals surface area contributed by atoms with Crippen molar-refractivity contribution in [1.29, 1.82) is 0 Å². The van der Waals surface area contributed by atoms with Gasteiger partial charge >= 0.3 is 0 Å². The summed E-state index contributed by atoms with van der Waals surface area (Å²) in [4.78, 5) is 12.7. The summed E-state index contributed by atoms with van der Waals surface area (Å²) in [7, 11) is -3.28. The zero-order chi connectivity index (χ0) is 15.7. The topological polar surface area (TPSA) is 75.3 Å². The SMILES string of the molecule is Cc1ccc(S(C)(=O)=O)cc1NC(=O)C1(C)CCCCN1. The molecule has 0 aliphatic carbocycles. The Kier molecular flexibility index (Phi) is 4.39. The molecule has 2 N–H and O–H groups in total. The number of amides is 1. The molecule has 1 amide bonds. The van der Waals surface area contributed by atoms with E-state index in [4.69, 9.17) is 0 Å². The predicted molar refractivity (Wildman–Crippen MR) is 83.2 cm³/mol. The number of rotatable bonds is 3. The van der Waals surface area contributed by atoms with E-state index in [1.165, 1.54) is 6.07 Å². The third-order valence-corrected chi connectivity index (χ3v) is 5.12. The highest BCUT2D eigenvalue weighted by Gasteiger charge is 2.34. The van der Waals surface area contributed by atoms with Crippen LogP contribution in [0.2, 0.25) is 0 Å². The first-order valence-electron chi connectivity index (χ1n) is 7.09. The Labute approximate surface area is 126 Å². The zero-order valence-corrected chi connectivity index (χ0v) is 13.5. The van der Waals surface area contributed by atoms with Crippen molar-refractivity contribution < 1.29 is 13.2 Å². The van der Waals surface area contributed by atoms with E-state index in [9.17, 15) is 13.2 Å². The zero-order valence-electron chi connectivity index (χ0n) is 12.7. The number of sulfone groups is 1. The number of anilines is 1. The van der Waals surface area contributed by atoms with E-state index >= 15 is 0 Å². The van der Waals surface area contributed by atoms with Crippen LogP contribution in [0.3, 0.4) is 0 Å². The summed E-state index contributed by atoms with van der Waals surface area (Å²) in [5.74, 6) is -0.115. The van der Waals surface area contributed by atoms with Gasteiger partial charge in [-0.05, 0) is 57.4 Å². The van der Waals surface area contributed by atoms with Crippen LogP contribution in [0.5, 0.6) is 0 Å². The maximum Gasteiger partial charge on any atom is 0.244 e. The third kappa shape index (κ3) is 3.63. The predicted octanol–water partition coefficient (Wildman–Crippen LogP) is 1.87. The van der Waals surface area contributed by atoms with Crippen molar-refractivity contribution >= 4 is 21.4 Å². The minimum absolute atomic E-state index is 0.115. The Hall–Kier alpha value is -1.40. The molecule has 1 atom stereocenters. The number of hydrogen-bond acceptors (Lipinski definition) is 4. The number of carbonyl (C=O) groups excluding carboxylic acids is 1. The van der Waals surface area contributed by atoms with Crippen molar-refractivity contribution in [3.05, 3.63) is 23.8 Å². The quantitative estimate of drug-likeness (QED) is 0.893. The van der Waals surface area contributed by atoms with Crippen molar-refractivity contribution in [1.82, 2.24) is 5.32 Å². The van der Waals surface area contributed by atoms with Gasteiger partial charge in [-0.3, -0.25) is 4.79 Å². The molecule has 1 saturated heterocycles. The number of nitrogens with one attached hydrogen (secondary N) is 2. The Morgan fingerprint density at radius 2 is 2.05 bits per heavy atom. The van der Waals surface area contributed by atoms with Gasteiger partial charge in [0.25, 0.3) is 0 Å². The van der Waals surface area contributed by atoms with Gasteiger partial charge in [-0.25, -0.2) is 8.42 Å². The molecular weight excluding hydrogens is 288 g/mol. The largest absolute Gasteiger partial charge is 0.324 e. The maximum absolute atomic E-state index is 12.5. The van der Waals surface area contributed by atoms with Crippen molar-refractivity contribution in [2.24, 2.45) is 0 Å². The minimum atomic E-state index is -3.28. The van der Waals surface area contributed by atoms with Gasteiger partial charge < -0.3 is 10.6 Å². The van der Waals surface area contributed by atoms with E-state index in [-0.39, 0.29) is 10.8 Å². The van der Waals surface area contributed by atoms with Crippen LogP contribution in [0.4, 0.5) is 5.69 Å². The van der Waals surface area contributed by atoms with E-state index < -0.39 is 15.4 Å². The highest BCUT2D eigenvalue weighted by atomic mass is 32.2. The lowest BCUT2D eigenvalue weighted by atomic mass is 9.90.